The fourth-order valence-corrected chi connectivity index (χ4v) is 3.04. The molecule has 7 nitrogen and oxygen atoms in total. The summed E-state index contributed by atoms with van der Waals surface area (Å²) in [5, 5.41) is 9.49. The van der Waals surface area contributed by atoms with Gasteiger partial charge in [-0.1, -0.05) is 23.4 Å². The van der Waals surface area contributed by atoms with E-state index in [1.54, 1.807) is 48.8 Å². The van der Waals surface area contributed by atoms with E-state index in [2.05, 4.69) is 20.2 Å². The maximum absolute atomic E-state index is 13.3. The van der Waals surface area contributed by atoms with Crippen molar-refractivity contribution in [3.8, 4) is 28.7 Å². The van der Waals surface area contributed by atoms with Crippen LogP contribution in [-0.2, 0) is 0 Å². The summed E-state index contributed by atoms with van der Waals surface area (Å²) < 4.78 is 20.0. The van der Waals surface area contributed by atoms with Crippen LogP contribution in [-0.4, -0.2) is 24.9 Å². The van der Waals surface area contributed by atoms with Crippen molar-refractivity contribution in [2.24, 2.45) is 0 Å². The maximum atomic E-state index is 13.3. The van der Waals surface area contributed by atoms with Gasteiger partial charge in [0.25, 0.3) is 11.4 Å². The minimum absolute atomic E-state index is 0.170. The van der Waals surface area contributed by atoms with Gasteiger partial charge in [-0.05, 0) is 42.5 Å². The summed E-state index contributed by atoms with van der Waals surface area (Å²) in [7, 11) is 0. The number of fused-ring (bicyclic) bond motifs is 1. The second-order valence-electron chi connectivity index (χ2n) is 6.25. The average molecular weight is 385 g/mol. The van der Waals surface area contributed by atoms with Crippen molar-refractivity contribution in [2.75, 3.05) is 0 Å². The molecule has 5 aromatic rings. The zero-order valence-corrected chi connectivity index (χ0v) is 14.9. The molecule has 0 unspecified atom stereocenters. The van der Waals surface area contributed by atoms with Crippen LogP contribution >= 0.6 is 0 Å². The van der Waals surface area contributed by atoms with E-state index >= 15 is 0 Å². The van der Waals surface area contributed by atoms with Crippen molar-refractivity contribution in [3.63, 3.8) is 0 Å². The molecule has 2 aromatic carbocycles. The minimum atomic E-state index is -0.401. The number of rotatable bonds is 3. The Morgan fingerprint density at radius 2 is 1.62 bits per heavy atom. The summed E-state index contributed by atoms with van der Waals surface area (Å²) in [6, 6.07) is 16.1. The van der Waals surface area contributed by atoms with E-state index in [9.17, 15) is 9.18 Å². The minimum Gasteiger partial charge on any atom is -0.332 e. The average Bonchev–Trinajstić information content (AvgIpc) is 3.26. The Bertz CT molecular complexity index is 1380. The van der Waals surface area contributed by atoms with Gasteiger partial charge in [0.2, 0.25) is 5.82 Å². The lowest BCUT2D eigenvalue weighted by atomic mass is 10.1. The zero-order chi connectivity index (χ0) is 19.8. The Morgan fingerprint density at radius 3 is 2.38 bits per heavy atom. The Hall–Kier alpha value is -4.20. The van der Waals surface area contributed by atoms with Gasteiger partial charge in [0.1, 0.15) is 5.82 Å². The van der Waals surface area contributed by atoms with E-state index in [0.29, 0.717) is 28.0 Å². The predicted octanol–water partition coefficient (Wildman–Crippen LogP) is 3.64. The zero-order valence-electron chi connectivity index (χ0n) is 14.9. The monoisotopic (exact) mass is 385 g/mol. The summed E-state index contributed by atoms with van der Waals surface area (Å²) in [6.07, 6.45) is 3.27. The normalized spacial score (nSPS) is 11.1. The van der Waals surface area contributed by atoms with Gasteiger partial charge in [0, 0.05) is 23.3 Å². The maximum Gasteiger partial charge on any atom is 0.279 e. The first kappa shape index (κ1) is 16.9. The van der Waals surface area contributed by atoms with Gasteiger partial charge < -0.3 is 4.52 Å². The van der Waals surface area contributed by atoms with Crippen LogP contribution in [0, 0.1) is 5.82 Å². The van der Waals surface area contributed by atoms with E-state index in [1.807, 2.05) is 0 Å². The van der Waals surface area contributed by atoms with Crippen molar-refractivity contribution < 1.29 is 8.91 Å². The van der Waals surface area contributed by atoms with Gasteiger partial charge in [-0.3, -0.25) is 9.78 Å². The second kappa shape index (κ2) is 6.75. The number of halogens is 1. The van der Waals surface area contributed by atoms with E-state index in [-0.39, 0.29) is 11.4 Å². The van der Waals surface area contributed by atoms with Crippen LogP contribution in [0.1, 0.15) is 0 Å². The lowest BCUT2D eigenvalue weighted by molar-refractivity contribution is 0.430. The molecule has 0 radical (unpaired) electrons. The van der Waals surface area contributed by atoms with Gasteiger partial charge in [-0.15, -0.1) is 0 Å². The molecule has 0 saturated heterocycles. The molecule has 0 saturated carbocycles. The number of pyridine rings is 1. The molecule has 0 amide bonds. The molecule has 0 aliphatic carbocycles. The fraction of sp³-hybridized carbons (Fsp3) is 0. The third-order valence-electron chi connectivity index (χ3n) is 4.44. The molecule has 3 aromatic heterocycles. The van der Waals surface area contributed by atoms with E-state index < -0.39 is 5.82 Å². The summed E-state index contributed by atoms with van der Waals surface area (Å²) in [4.78, 5) is 21.4. The van der Waals surface area contributed by atoms with Crippen LogP contribution in [0.5, 0.6) is 0 Å². The Balaban J connectivity index is 1.74. The van der Waals surface area contributed by atoms with Crippen LogP contribution in [0.3, 0.4) is 0 Å². The molecule has 0 atom stereocenters. The topological polar surface area (TPSA) is 86.7 Å². The lowest BCUT2D eigenvalue weighted by Crippen LogP contribution is -2.22. The first-order chi connectivity index (χ1) is 14.2. The van der Waals surface area contributed by atoms with Gasteiger partial charge in [0.15, 0.2) is 5.69 Å². The van der Waals surface area contributed by atoms with Gasteiger partial charge >= 0.3 is 0 Å². The number of nitrogens with zero attached hydrogens (tertiary/aromatic N) is 5. The van der Waals surface area contributed by atoms with Crippen LogP contribution < -0.4 is 5.56 Å². The first-order valence-electron chi connectivity index (χ1n) is 8.73. The predicted molar refractivity (Wildman–Crippen MR) is 104 cm³/mol. The molecule has 0 bridgehead atoms. The molecule has 140 valence electrons. The molecule has 3 heterocycles. The van der Waals surface area contributed by atoms with E-state index in [1.165, 1.54) is 28.9 Å². The number of hydrogen-bond acceptors (Lipinski definition) is 6. The molecule has 0 spiro atoms. The molecule has 29 heavy (non-hydrogen) atoms. The highest BCUT2D eigenvalue weighted by Crippen LogP contribution is 2.26. The molecule has 8 heteroatoms. The van der Waals surface area contributed by atoms with Crippen molar-refractivity contribution in [3.05, 3.63) is 89.2 Å². The van der Waals surface area contributed by atoms with Crippen LogP contribution in [0.2, 0.25) is 0 Å². The highest BCUT2D eigenvalue weighted by atomic mass is 19.1. The smallest absolute Gasteiger partial charge is 0.279 e. The van der Waals surface area contributed by atoms with Crippen LogP contribution in [0.25, 0.3) is 39.4 Å². The Kier molecular flexibility index (Phi) is 3.94. The summed E-state index contributed by atoms with van der Waals surface area (Å²) in [5.41, 5.74) is 1.20. The summed E-state index contributed by atoms with van der Waals surface area (Å²) in [6.45, 7) is 0. The number of hydrogen-bond donors (Lipinski definition) is 0. The highest BCUT2D eigenvalue weighted by Gasteiger charge is 2.19. The standard InChI is InChI=1S/C21H12FN5O2/c22-14-5-7-15(8-6-14)27-21(28)17-4-2-1-3-16(17)18(25-27)20-24-19(26-29-20)13-9-11-23-12-10-13/h1-12H. The third-order valence-corrected chi connectivity index (χ3v) is 4.44. The van der Waals surface area contributed by atoms with Gasteiger partial charge in [-0.25, -0.2) is 4.39 Å². The number of aromatic nitrogens is 5. The quantitative estimate of drug-likeness (QED) is 0.471. The molecule has 5 rings (SSSR count). The molecule has 0 N–H and O–H groups in total. The molecular weight excluding hydrogens is 373 g/mol. The fourth-order valence-electron chi connectivity index (χ4n) is 3.04. The number of benzene rings is 2. The summed E-state index contributed by atoms with van der Waals surface area (Å²) in [5.74, 6) is 0.151. The third kappa shape index (κ3) is 2.96. The SMILES string of the molecule is O=c1c2ccccc2c(-c2nc(-c3ccncc3)no2)nn1-c1ccc(F)cc1. The largest absolute Gasteiger partial charge is 0.332 e. The molecule has 0 aliphatic heterocycles. The van der Waals surface area contributed by atoms with Gasteiger partial charge in [-0.2, -0.15) is 14.8 Å². The van der Waals surface area contributed by atoms with Crippen molar-refractivity contribution >= 4 is 10.8 Å². The van der Waals surface area contributed by atoms with E-state index in [4.69, 9.17) is 4.52 Å². The van der Waals surface area contributed by atoms with Crippen molar-refractivity contribution in [1.29, 1.82) is 0 Å². The van der Waals surface area contributed by atoms with Crippen LogP contribution in [0.15, 0.2) is 82.4 Å². The molecular formula is C21H12FN5O2. The van der Waals surface area contributed by atoms with Crippen LogP contribution in [0.4, 0.5) is 4.39 Å². The Morgan fingerprint density at radius 1 is 0.897 bits per heavy atom. The lowest BCUT2D eigenvalue weighted by Gasteiger charge is -2.09. The molecule has 0 fully saturated rings. The summed E-state index contributed by atoms with van der Waals surface area (Å²) >= 11 is 0. The van der Waals surface area contributed by atoms with Crippen molar-refractivity contribution in [2.45, 2.75) is 0 Å². The Labute approximate surface area is 163 Å². The van der Waals surface area contributed by atoms with Crippen molar-refractivity contribution in [1.82, 2.24) is 24.9 Å². The second-order valence-corrected chi connectivity index (χ2v) is 6.25. The van der Waals surface area contributed by atoms with Gasteiger partial charge in [0.05, 0.1) is 11.1 Å². The molecule has 0 aliphatic rings. The first-order valence-corrected chi connectivity index (χ1v) is 8.73. The highest BCUT2D eigenvalue weighted by molar-refractivity contribution is 5.92. The van der Waals surface area contributed by atoms with E-state index in [0.717, 1.165) is 5.56 Å².